The van der Waals surface area contributed by atoms with Crippen LogP contribution in [0.3, 0.4) is 0 Å². The van der Waals surface area contributed by atoms with Crippen LogP contribution in [0.2, 0.25) is 0 Å². The number of nitrogens with zero attached hydrogens (tertiary/aromatic N) is 2. The highest BCUT2D eigenvalue weighted by molar-refractivity contribution is 8.22. The van der Waals surface area contributed by atoms with Crippen LogP contribution in [0.5, 0.6) is 0 Å². The van der Waals surface area contributed by atoms with Gasteiger partial charge in [0, 0.05) is 5.39 Å². The molecule has 0 aliphatic carbocycles. The second-order valence-corrected chi connectivity index (χ2v) is 5.94. The van der Waals surface area contributed by atoms with Crippen LogP contribution in [-0.4, -0.2) is 9.97 Å². The van der Waals surface area contributed by atoms with Crippen molar-refractivity contribution in [2.45, 2.75) is 5.03 Å². The second-order valence-electron chi connectivity index (χ2n) is 4.07. The van der Waals surface area contributed by atoms with E-state index in [0.717, 1.165) is 21.5 Å². The summed E-state index contributed by atoms with van der Waals surface area (Å²) in [5.41, 5.74) is 2.32. The van der Waals surface area contributed by atoms with Crippen molar-refractivity contribution in [2.75, 3.05) is 0 Å². The van der Waals surface area contributed by atoms with Gasteiger partial charge in [0.15, 0.2) is 0 Å². The van der Waals surface area contributed by atoms with E-state index in [0.29, 0.717) is 5.71 Å². The Labute approximate surface area is 106 Å². The fourth-order valence-electron chi connectivity index (χ4n) is 2.09. The second kappa shape index (κ2) is 3.71. The molecule has 0 fully saturated rings. The van der Waals surface area contributed by atoms with Crippen molar-refractivity contribution in [1.29, 1.82) is 0 Å². The highest BCUT2D eigenvalue weighted by atomic mass is 32.2. The lowest BCUT2D eigenvalue weighted by atomic mass is 10.2. The van der Waals surface area contributed by atoms with Gasteiger partial charge in [0.2, 0.25) is 5.71 Å². The molecular weight excluding hydrogens is 244 g/mol. The van der Waals surface area contributed by atoms with E-state index in [1.165, 1.54) is 0 Å². The standard InChI is InChI=1S/C14H10N2OS/c1-2-6-11-10(5-1)13-14(17-11)15-9-12(16-13)18-7-3-4-8-18/h1-9,18H. The average Bonchev–Trinajstić information content (AvgIpc) is 3.05. The summed E-state index contributed by atoms with van der Waals surface area (Å²) in [4.78, 5) is 9.10. The lowest BCUT2D eigenvalue weighted by molar-refractivity contribution is 0.651. The smallest absolute Gasteiger partial charge is 0.246 e. The van der Waals surface area contributed by atoms with E-state index in [4.69, 9.17) is 9.40 Å². The van der Waals surface area contributed by atoms with Gasteiger partial charge in [-0.3, -0.25) is 0 Å². The Morgan fingerprint density at radius 3 is 2.78 bits per heavy atom. The summed E-state index contributed by atoms with van der Waals surface area (Å²) >= 11 is 0. The van der Waals surface area contributed by atoms with Gasteiger partial charge in [0.1, 0.15) is 16.1 Å². The van der Waals surface area contributed by atoms with Crippen molar-refractivity contribution >= 4 is 33.1 Å². The van der Waals surface area contributed by atoms with Gasteiger partial charge in [-0.1, -0.05) is 24.3 Å². The zero-order valence-electron chi connectivity index (χ0n) is 9.45. The lowest BCUT2D eigenvalue weighted by Crippen LogP contribution is -1.85. The number of allylic oxidation sites excluding steroid dienone is 2. The van der Waals surface area contributed by atoms with Crippen LogP contribution in [0.4, 0.5) is 0 Å². The Hall–Kier alpha value is -2.07. The molecule has 0 N–H and O–H groups in total. The predicted octanol–water partition coefficient (Wildman–Crippen LogP) is 3.78. The quantitative estimate of drug-likeness (QED) is 0.672. The molecule has 1 aliphatic heterocycles. The summed E-state index contributed by atoms with van der Waals surface area (Å²) in [6, 6.07) is 7.91. The highest BCUT2D eigenvalue weighted by Gasteiger charge is 2.12. The van der Waals surface area contributed by atoms with E-state index >= 15 is 0 Å². The minimum Gasteiger partial charge on any atom is -0.436 e. The van der Waals surface area contributed by atoms with Crippen LogP contribution < -0.4 is 0 Å². The minimum atomic E-state index is -0.426. The number of para-hydroxylation sites is 1. The van der Waals surface area contributed by atoms with Gasteiger partial charge >= 0.3 is 0 Å². The first-order valence-corrected chi connectivity index (χ1v) is 7.17. The highest BCUT2D eigenvalue weighted by Crippen LogP contribution is 2.41. The van der Waals surface area contributed by atoms with Gasteiger partial charge in [-0.25, -0.2) is 9.97 Å². The molecule has 3 heterocycles. The number of rotatable bonds is 1. The van der Waals surface area contributed by atoms with Crippen molar-refractivity contribution in [1.82, 2.24) is 9.97 Å². The topological polar surface area (TPSA) is 38.9 Å². The Bertz CT molecular complexity index is 792. The molecule has 3 nitrogen and oxygen atoms in total. The molecule has 4 heteroatoms. The number of fused-ring (bicyclic) bond motifs is 3. The largest absolute Gasteiger partial charge is 0.436 e. The van der Waals surface area contributed by atoms with E-state index < -0.39 is 10.9 Å². The predicted molar refractivity (Wildman–Crippen MR) is 74.8 cm³/mol. The van der Waals surface area contributed by atoms with E-state index in [9.17, 15) is 0 Å². The summed E-state index contributed by atoms with van der Waals surface area (Å²) in [5, 5.41) is 6.40. The number of thiol groups is 1. The summed E-state index contributed by atoms with van der Waals surface area (Å²) in [5.74, 6) is 0. The number of benzene rings is 1. The monoisotopic (exact) mass is 254 g/mol. The Balaban J connectivity index is 2.00. The molecule has 0 spiro atoms. The molecule has 0 amide bonds. The van der Waals surface area contributed by atoms with Crippen molar-refractivity contribution in [3.05, 3.63) is 53.4 Å². The fourth-order valence-corrected chi connectivity index (χ4v) is 3.47. The molecule has 2 aromatic heterocycles. The van der Waals surface area contributed by atoms with Crippen LogP contribution in [0.25, 0.3) is 22.2 Å². The molecule has 1 aliphatic rings. The van der Waals surface area contributed by atoms with Gasteiger partial charge < -0.3 is 4.42 Å². The van der Waals surface area contributed by atoms with Crippen LogP contribution in [0.15, 0.2) is 62.9 Å². The van der Waals surface area contributed by atoms with Gasteiger partial charge in [-0.2, -0.15) is 10.9 Å². The van der Waals surface area contributed by atoms with Crippen molar-refractivity contribution in [2.24, 2.45) is 0 Å². The third-order valence-electron chi connectivity index (χ3n) is 2.94. The number of furan rings is 1. The van der Waals surface area contributed by atoms with E-state index in [-0.39, 0.29) is 0 Å². The average molecular weight is 254 g/mol. The SMILES string of the molecule is C1=C[SH](c2cnc3oc4ccccc4c3n2)C=C1. The molecule has 18 heavy (non-hydrogen) atoms. The first kappa shape index (κ1) is 9.91. The maximum absolute atomic E-state index is 5.67. The molecule has 0 saturated heterocycles. The molecule has 4 rings (SSSR count). The van der Waals surface area contributed by atoms with Crippen LogP contribution in [-0.2, 0) is 0 Å². The third-order valence-corrected chi connectivity index (χ3v) is 4.68. The first-order valence-electron chi connectivity index (χ1n) is 5.69. The molecule has 0 saturated carbocycles. The molecule has 88 valence electrons. The van der Waals surface area contributed by atoms with Crippen LogP contribution in [0.1, 0.15) is 0 Å². The zero-order chi connectivity index (χ0) is 11.9. The molecule has 0 atom stereocenters. The minimum absolute atomic E-state index is 0.426. The number of aromatic nitrogens is 2. The Morgan fingerprint density at radius 1 is 1.06 bits per heavy atom. The first-order chi connectivity index (χ1) is 8.92. The lowest BCUT2D eigenvalue weighted by Gasteiger charge is -2.07. The fraction of sp³-hybridized carbons (Fsp3) is 0. The summed E-state index contributed by atoms with van der Waals surface area (Å²) in [6.07, 6.45) is 5.94. The van der Waals surface area contributed by atoms with Crippen molar-refractivity contribution in [3.63, 3.8) is 0 Å². The summed E-state index contributed by atoms with van der Waals surface area (Å²) in [7, 11) is -0.426. The number of hydrogen-bond acceptors (Lipinski definition) is 3. The van der Waals surface area contributed by atoms with E-state index in [1.807, 2.05) is 30.5 Å². The Kier molecular flexibility index (Phi) is 2.04. The maximum Gasteiger partial charge on any atom is 0.246 e. The zero-order valence-corrected chi connectivity index (χ0v) is 10.3. The van der Waals surface area contributed by atoms with E-state index in [1.54, 1.807) is 0 Å². The normalized spacial score (nSPS) is 16.1. The maximum atomic E-state index is 5.67. The van der Waals surface area contributed by atoms with Gasteiger partial charge in [-0.15, -0.1) is 0 Å². The van der Waals surface area contributed by atoms with E-state index in [2.05, 4.69) is 28.0 Å². The molecule has 0 bridgehead atoms. The summed E-state index contributed by atoms with van der Waals surface area (Å²) < 4.78 is 5.67. The molecule has 0 radical (unpaired) electrons. The van der Waals surface area contributed by atoms with Gasteiger partial charge in [0.05, 0.1) is 6.20 Å². The molecular formula is C14H10N2OS. The van der Waals surface area contributed by atoms with Crippen LogP contribution >= 0.6 is 10.9 Å². The summed E-state index contributed by atoms with van der Waals surface area (Å²) in [6.45, 7) is 0. The van der Waals surface area contributed by atoms with Gasteiger partial charge in [-0.05, 0) is 22.9 Å². The van der Waals surface area contributed by atoms with Gasteiger partial charge in [0.25, 0.3) is 0 Å². The van der Waals surface area contributed by atoms with Crippen LogP contribution in [0, 0.1) is 0 Å². The molecule has 0 unspecified atom stereocenters. The van der Waals surface area contributed by atoms with Crippen molar-refractivity contribution < 1.29 is 4.42 Å². The molecule has 3 aromatic rings. The number of hydrogen-bond donors (Lipinski definition) is 1. The molecule has 1 aromatic carbocycles. The third kappa shape index (κ3) is 1.39. The Morgan fingerprint density at radius 2 is 1.89 bits per heavy atom. The van der Waals surface area contributed by atoms with Crippen molar-refractivity contribution in [3.8, 4) is 0 Å².